The summed E-state index contributed by atoms with van der Waals surface area (Å²) in [6.45, 7) is 2.06. The number of aromatic amines is 1. The van der Waals surface area contributed by atoms with Crippen LogP contribution < -0.4 is 5.56 Å². The molecule has 4 aromatic rings. The molecule has 2 heterocycles. The van der Waals surface area contributed by atoms with E-state index in [9.17, 15) is 4.79 Å². The lowest BCUT2D eigenvalue weighted by molar-refractivity contribution is 0.896. The summed E-state index contributed by atoms with van der Waals surface area (Å²) in [5, 5.41) is 2.68. The maximum Gasteiger partial charge on any atom is 0.259 e. The predicted molar refractivity (Wildman–Crippen MR) is 104 cm³/mol. The Balaban J connectivity index is 2.13. The number of aromatic nitrogens is 2. The molecule has 0 aliphatic rings. The number of pyridine rings is 1. The predicted octanol–water partition coefficient (Wildman–Crippen LogP) is 5.41. The molecule has 2 aromatic carbocycles. The normalized spacial score (nSPS) is 11.5. The van der Waals surface area contributed by atoms with Crippen molar-refractivity contribution in [1.82, 2.24) is 9.55 Å². The maximum absolute atomic E-state index is 12.8. The second kappa shape index (κ2) is 5.50. The van der Waals surface area contributed by atoms with Crippen LogP contribution >= 0.6 is 27.5 Å². The Morgan fingerprint density at radius 1 is 1.04 bits per heavy atom. The molecule has 0 atom stereocenters. The number of hydrogen-bond donors (Lipinski definition) is 1. The Morgan fingerprint density at radius 2 is 1.83 bits per heavy atom. The van der Waals surface area contributed by atoms with Gasteiger partial charge in [-0.1, -0.05) is 45.2 Å². The molecule has 0 radical (unpaired) electrons. The summed E-state index contributed by atoms with van der Waals surface area (Å²) >= 11 is 9.77. The molecule has 0 spiro atoms. The molecule has 5 heteroatoms. The largest absolute Gasteiger partial charge is 0.341 e. The van der Waals surface area contributed by atoms with Gasteiger partial charge in [-0.3, -0.25) is 9.36 Å². The smallest absolute Gasteiger partial charge is 0.259 e. The van der Waals surface area contributed by atoms with Gasteiger partial charge in [0.05, 0.1) is 0 Å². The van der Waals surface area contributed by atoms with Gasteiger partial charge in [0.1, 0.15) is 5.65 Å². The first-order valence-electron chi connectivity index (χ1n) is 7.53. The average Bonchev–Trinajstić information content (AvgIpc) is 2.89. The summed E-state index contributed by atoms with van der Waals surface area (Å²) in [7, 11) is 1.78. The Labute approximate surface area is 152 Å². The Kier molecular flexibility index (Phi) is 3.55. The lowest BCUT2D eigenvalue weighted by atomic mass is 10.0. The topological polar surface area (TPSA) is 37.8 Å². The molecular formula is C19H14BrClN2O. The number of H-pyrrole nitrogens is 1. The van der Waals surface area contributed by atoms with Gasteiger partial charge in [0.15, 0.2) is 0 Å². The molecule has 2 aromatic heterocycles. The van der Waals surface area contributed by atoms with Crippen LogP contribution in [-0.4, -0.2) is 9.55 Å². The van der Waals surface area contributed by atoms with E-state index >= 15 is 0 Å². The van der Waals surface area contributed by atoms with E-state index in [2.05, 4.69) is 40.0 Å². The van der Waals surface area contributed by atoms with Gasteiger partial charge in [0, 0.05) is 44.0 Å². The Bertz CT molecular complexity index is 1170. The standard InChI is InChI=1S/C19H14BrClN2O/c1-10-3-6-17-13(7-10)14-9-15(19(24)23(2)18(14)22-17)12-5-4-11(20)8-16(12)21/h3-9,22H,1-2H3. The van der Waals surface area contributed by atoms with E-state index in [1.165, 1.54) is 5.56 Å². The van der Waals surface area contributed by atoms with Gasteiger partial charge in [0.2, 0.25) is 0 Å². The van der Waals surface area contributed by atoms with Crippen LogP contribution in [0.4, 0.5) is 0 Å². The third-order valence-electron chi connectivity index (χ3n) is 4.35. The highest BCUT2D eigenvalue weighted by molar-refractivity contribution is 9.10. The number of benzene rings is 2. The van der Waals surface area contributed by atoms with E-state index in [1.807, 2.05) is 24.3 Å². The minimum absolute atomic E-state index is 0.0741. The molecule has 0 amide bonds. The fraction of sp³-hybridized carbons (Fsp3) is 0.105. The molecule has 0 bridgehead atoms. The summed E-state index contributed by atoms with van der Waals surface area (Å²) in [6.07, 6.45) is 0. The zero-order valence-corrected chi connectivity index (χ0v) is 15.5. The molecule has 0 unspecified atom stereocenters. The number of hydrogen-bond acceptors (Lipinski definition) is 1. The monoisotopic (exact) mass is 400 g/mol. The van der Waals surface area contributed by atoms with Crippen LogP contribution in [0.1, 0.15) is 5.56 Å². The maximum atomic E-state index is 12.8. The van der Waals surface area contributed by atoms with Crippen molar-refractivity contribution in [1.29, 1.82) is 0 Å². The quantitative estimate of drug-likeness (QED) is 0.455. The molecule has 0 fully saturated rings. The van der Waals surface area contributed by atoms with Crippen LogP contribution in [0.3, 0.4) is 0 Å². The van der Waals surface area contributed by atoms with Crippen molar-refractivity contribution >= 4 is 49.5 Å². The SMILES string of the molecule is Cc1ccc2[nH]c3c(cc(-c4ccc(Br)cc4Cl)c(=O)n3C)c2c1. The van der Waals surface area contributed by atoms with Crippen molar-refractivity contribution in [2.45, 2.75) is 6.92 Å². The second-order valence-corrected chi connectivity index (χ2v) is 7.31. The lowest BCUT2D eigenvalue weighted by Crippen LogP contribution is -2.19. The van der Waals surface area contributed by atoms with E-state index in [1.54, 1.807) is 17.7 Å². The van der Waals surface area contributed by atoms with Gasteiger partial charge in [0.25, 0.3) is 5.56 Å². The van der Waals surface area contributed by atoms with E-state index in [0.29, 0.717) is 10.6 Å². The van der Waals surface area contributed by atoms with E-state index in [-0.39, 0.29) is 5.56 Å². The Hall–Kier alpha value is -2.04. The fourth-order valence-electron chi connectivity index (χ4n) is 3.11. The van der Waals surface area contributed by atoms with Crippen molar-refractivity contribution in [2.75, 3.05) is 0 Å². The van der Waals surface area contributed by atoms with Crippen molar-refractivity contribution in [3.63, 3.8) is 0 Å². The molecule has 1 N–H and O–H groups in total. The van der Waals surface area contributed by atoms with Gasteiger partial charge < -0.3 is 4.98 Å². The first kappa shape index (κ1) is 15.5. The first-order valence-corrected chi connectivity index (χ1v) is 8.70. The van der Waals surface area contributed by atoms with Crippen LogP contribution in [-0.2, 0) is 7.05 Å². The summed E-state index contributed by atoms with van der Waals surface area (Å²) in [5.74, 6) is 0. The number of nitrogens with one attached hydrogen (secondary N) is 1. The van der Waals surface area contributed by atoms with E-state index in [0.717, 1.165) is 32.0 Å². The Morgan fingerprint density at radius 3 is 2.58 bits per heavy atom. The van der Waals surface area contributed by atoms with Gasteiger partial charge in [-0.05, 0) is 37.3 Å². The number of aryl methyl sites for hydroxylation is 2. The summed E-state index contributed by atoms with van der Waals surface area (Å²) < 4.78 is 2.54. The first-order chi connectivity index (χ1) is 11.5. The zero-order chi connectivity index (χ0) is 17.0. The molecule has 120 valence electrons. The summed E-state index contributed by atoms with van der Waals surface area (Å²) in [6, 6.07) is 13.7. The minimum atomic E-state index is -0.0741. The van der Waals surface area contributed by atoms with Crippen LogP contribution in [0, 0.1) is 6.92 Å². The highest BCUT2D eigenvalue weighted by atomic mass is 79.9. The van der Waals surface area contributed by atoms with Crippen LogP contribution in [0.5, 0.6) is 0 Å². The number of nitrogens with zero attached hydrogens (tertiary/aromatic N) is 1. The van der Waals surface area contributed by atoms with Gasteiger partial charge in [-0.25, -0.2) is 0 Å². The van der Waals surface area contributed by atoms with Crippen LogP contribution in [0.15, 0.2) is 51.7 Å². The zero-order valence-electron chi connectivity index (χ0n) is 13.2. The number of rotatable bonds is 1. The highest BCUT2D eigenvalue weighted by Gasteiger charge is 2.15. The number of fused-ring (bicyclic) bond motifs is 3. The molecule has 0 aliphatic carbocycles. The second-order valence-electron chi connectivity index (χ2n) is 5.98. The fourth-order valence-corrected chi connectivity index (χ4v) is 3.89. The van der Waals surface area contributed by atoms with Crippen LogP contribution in [0.2, 0.25) is 5.02 Å². The van der Waals surface area contributed by atoms with E-state index < -0.39 is 0 Å². The molecule has 0 saturated heterocycles. The lowest BCUT2D eigenvalue weighted by Gasteiger charge is -2.08. The molecular weight excluding hydrogens is 388 g/mol. The highest BCUT2D eigenvalue weighted by Crippen LogP contribution is 2.32. The van der Waals surface area contributed by atoms with Crippen molar-refractivity contribution in [3.8, 4) is 11.1 Å². The van der Waals surface area contributed by atoms with Gasteiger partial charge >= 0.3 is 0 Å². The van der Waals surface area contributed by atoms with Crippen molar-refractivity contribution in [2.24, 2.45) is 7.05 Å². The molecule has 24 heavy (non-hydrogen) atoms. The third-order valence-corrected chi connectivity index (χ3v) is 5.16. The van der Waals surface area contributed by atoms with Gasteiger partial charge in [-0.15, -0.1) is 0 Å². The van der Waals surface area contributed by atoms with Crippen LogP contribution in [0.25, 0.3) is 33.1 Å². The molecule has 3 nitrogen and oxygen atoms in total. The number of halogens is 2. The molecule has 0 saturated carbocycles. The summed E-state index contributed by atoms with van der Waals surface area (Å²) in [5.41, 5.74) is 4.28. The molecule has 0 aliphatic heterocycles. The third kappa shape index (κ3) is 2.29. The minimum Gasteiger partial charge on any atom is -0.341 e. The van der Waals surface area contributed by atoms with E-state index in [4.69, 9.17) is 11.6 Å². The molecule has 4 rings (SSSR count). The summed E-state index contributed by atoms with van der Waals surface area (Å²) in [4.78, 5) is 16.2. The van der Waals surface area contributed by atoms with Gasteiger partial charge in [-0.2, -0.15) is 0 Å². The van der Waals surface area contributed by atoms with Crippen molar-refractivity contribution in [3.05, 3.63) is 67.9 Å². The average molecular weight is 402 g/mol. The van der Waals surface area contributed by atoms with Crippen molar-refractivity contribution < 1.29 is 0 Å².